The Morgan fingerprint density at radius 3 is 2.55 bits per heavy atom. The molecule has 0 aliphatic heterocycles. The van der Waals surface area contributed by atoms with Crippen LogP contribution < -0.4 is 0 Å². The van der Waals surface area contributed by atoms with Crippen molar-refractivity contribution in [3.63, 3.8) is 0 Å². The summed E-state index contributed by atoms with van der Waals surface area (Å²) in [6.45, 7) is 12.3. The standard InChI is InChI=1S/C20H32/c1-14(2)16-9-13-20(5)17(16)10-12-19(4)11-8-15(3)6-7-18(19)20/h8-9,14,17-18H,6-7,10-13H2,1-5H3. The predicted octanol–water partition coefficient (Wildman–Crippen LogP) is 6.14. The topological polar surface area (TPSA) is 0 Å². The van der Waals surface area contributed by atoms with Crippen LogP contribution in [-0.4, -0.2) is 0 Å². The van der Waals surface area contributed by atoms with Gasteiger partial charge in [-0.2, -0.15) is 0 Å². The van der Waals surface area contributed by atoms with Crippen LogP contribution in [0.15, 0.2) is 23.3 Å². The van der Waals surface area contributed by atoms with E-state index in [0.717, 1.165) is 17.8 Å². The van der Waals surface area contributed by atoms with E-state index in [-0.39, 0.29) is 0 Å². The van der Waals surface area contributed by atoms with E-state index in [2.05, 4.69) is 46.8 Å². The fourth-order valence-electron chi connectivity index (χ4n) is 5.77. The molecule has 1 saturated carbocycles. The summed E-state index contributed by atoms with van der Waals surface area (Å²) in [5.74, 6) is 2.53. The first-order valence-corrected chi connectivity index (χ1v) is 8.72. The van der Waals surface area contributed by atoms with Gasteiger partial charge in [-0.25, -0.2) is 0 Å². The minimum absolute atomic E-state index is 0.547. The first-order valence-electron chi connectivity index (χ1n) is 8.72. The van der Waals surface area contributed by atoms with Crippen molar-refractivity contribution in [3.05, 3.63) is 23.3 Å². The molecule has 3 aliphatic carbocycles. The van der Waals surface area contributed by atoms with E-state index in [0.29, 0.717) is 10.8 Å². The third kappa shape index (κ3) is 2.02. The van der Waals surface area contributed by atoms with Crippen LogP contribution in [0.25, 0.3) is 0 Å². The van der Waals surface area contributed by atoms with Gasteiger partial charge >= 0.3 is 0 Å². The summed E-state index contributed by atoms with van der Waals surface area (Å²) in [6, 6.07) is 0. The number of fused-ring (bicyclic) bond motifs is 3. The molecule has 3 aliphatic rings. The van der Waals surface area contributed by atoms with Gasteiger partial charge in [0.2, 0.25) is 0 Å². The summed E-state index contributed by atoms with van der Waals surface area (Å²) >= 11 is 0. The van der Waals surface area contributed by atoms with Crippen LogP contribution in [0.1, 0.15) is 73.1 Å². The zero-order chi connectivity index (χ0) is 14.5. The zero-order valence-electron chi connectivity index (χ0n) is 14.1. The van der Waals surface area contributed by atoms with Gasteiger partial charge in [-0.1, -0.05) is 51.0 Å². The van der Waals surface area contributed by atoms with E-state index in [1.165, 1.54) is 38.5 Å². The molecule has 0 bridgehead atoms. The molecule has 0 aromatic carbocycles. The molecule has 0 aromatic heterocycles. The van der Waals surface area contributed by atoms with E-state index in [1.807, 2.05) is 0 Å². The Kier molecular flexibility index (Phi) is 3.42. The third-order valence-electron chi connectivity index (χ3n) is 7.03. The minimum Gasteiger partial charge on any atom is -0.0851 e. The van der Waals surface area contributed by atoms with Gasteiger partial charge in [0.05, 0.1) is 0 Å². The molecule has 0 saturated heterocycles. The highest BCUT2D eigenvalue weighted by Crippen LogP contribution is 2.64. The van der Waals surface area contributed by atoms with Crippen LogP contribution in [0.4, 0.5) is 0 Å². The Hall–Kier alpha value is -0.520. The molecule has 0 nitrogen and oxygen atoms in total. The summed E-state index contributed by atoms with van der Waals surface area (Å²) < 4.78 is 0. The van der Waals surface area contributed by atoms with Crippen molar-refractivity contribution in [2.45, 2.75) is 73.1 Å². The molecular weight excluding hydrogens is 240 g/mol. The molecule has 4 unspecified atom stereocenters. The lowest BCUT2D eigenvalue weighted by molar-refractivity contribution is -0.0374. The van der Waals surface area contributed by atoms with Crippen LogP contribution in [0.5, 0.6) is 0 Å². The Balaban J connectivity index is 1.93. The van der Waals surface area contributed by atoms with Crippen LogP contribution >= 0.6 is 0 Å². The molecule has 0 heterocycles. The van der Waals surface area contributed by atoms with Crippen LogP contribution in [-0.2, 0) is 0 Å². The van der Waals surface area contributed by atoms with E-state index in [9.17, 15) is 0 Å². The van der Waals surface area contributed by atoms with Gasteiger partial charge in [0, 0.05) is 0 Å². The monoisotopic (exact) mass is 272 g/mol. The lowest BCUT2D eigenvalue weighted by Crippen LogP contribution is -2.47. The molecule has 1 fully saturated rings. The average Bonchev–Trinajstić information content (AvgIpc) is 2.64. The van der Waals surface area contributed by atoms with Gasteiger partial charge < -0.3 is 0 Å². The Bertz CT molecular complexity index is 453. The second-order valence-electron chi connectivity index (χ2n) is 8.66. The third-order valence-corrected chi connectivity index (χ3v) is 7.03. The lowest BCUT2D eigenvalue weighted by Gasteiger charge is -2.54. The first kappa shape index (κ1) is 14.4. The fraction of sp³-hybridized carbons (Fsp3) is 0.800. The summed E-state index contributed by atoms with van der Waals surface area (Å²) in [4.78, 5) is 0. The maximum atomic E-state index is 2.62. The molecule has 3 rings (SSSR count). The molecule has 0 aromatic rings. The summed E-state index contributed by atoms with van der Waals surface area (Å²) in [5.41, 5.74) is 4.52. The minimum atomic E-state index is 0.547. The van der Waals surface area contributed by atoms with E-state index in [1.54, 1.807) is 11.1 Å². The smallest absolute Gasteiger partial charge is 0.0141 e. The molecule has 20 heavy (non-hydrogen) atoms. The molecule has 0 amide bonds. The van der Waals surface area contributed by atoms with Gasteiger partial charge in [-0.05, 0) is 74.0 Å². The van der Waals surface area contributed by atoms with Gasteiger partial charge in [0.1, 0.15) is 0 Å². The Morgan fingerprint density at radius 1 is 1.10 bits per heavy atom. The fourth-order valence-corrected chi connectivity index (χ4v) is 5.77. The summed E-state index contributed by atoms with van der Waals surface area (Å²) in [6.07, 6.45) is 13.5. The van der Waals surface area contributed by atoms with Gasteiger partial charge in [0.15, 0.2) is 0 Å². The van der Waals surface area contributed by atoms with Crippen molar-refractivity contribution >= 4 is 0 Å². The van der Waals surface area contributed by atoms with Crippen LogP contribution in [0.3, 0.4) is 0 Å². The normalized spacial score (nSPS) is 44.5. The highest BCUT2D eigenvalue weighted by atomic mass is 14.6. The van der Waals surface area contributed by atoms with Crippen LogP contribution in [0.2, 0.25) is 0 Å². The van der Waals surface area contributed by atoms with E-state index < -0.39 is 0 Å². The predicted molar refractivity (Wildman–Crippen MR) is 87.6 cm³/mol. The highest BCUT2D eigenvalue weighted by Gasteiger charge is 2.55. The van der Waals surface area contributed by atoms with E-state index in [4.69, 9.17) is 0 Å². The molecule has 112 valence electrons. The van der Waals surface area contributed by atoms with Crippen molar-refractivity contribution < 1.29 is 0 Å². The van der Waals surface area contributed by atoms with Crippen molar-refractivity contribution in [2.75, 3.05) is 0 Å². The lowest BCUT2D eigenvalue weighted by atomic mass is 9.50. The number of rotatable bonds is 1. The Labute approximate surface area is 125 Å². The number of hydrogen-bond donors (Lipinski definition) is 0. The second-order valence-corrected chi connectivity index (χ2v) is 8.66. The first-order chi connectivity index (χ1) is 9.37. The van der Waals surface area contributed by atoms with Gasteiger partial charge in [-0.15, -0.1) is 0 Å². The van der Waals surface area contributed by atoms with Crippen molar-refractivity contribution in [1.82, 2.24) is 0 Å². The van der Waals surface area contributed by atoms with Gasteiger partial charge in [-0.3, -0.25) is 0 Å². The summed E-state index contributed by atoms with van der Waals surface area (Å²) in [7, 11) is 0. The molecule has 0 N–H and O–H groups in total. The zero-order valence-corrected chi connectivity index (χ0v) is 14.1. The van der Waals surface area contributed by atoms with Crippen molar-refractivity contribution in [3.8, 4) is 0 Å². The van der Waals surface area contributed by atoms with Gasteiger partial charge in [0.25, 0.3) is 0 Å². The van der Waals surface area contributed by atoms with E-state index >= 15 is 0 Å². The summed E-state index contributed by atoms with van der Waals surface area (Å²) in [5, 5.41) is 0. The molecular formula is C20H32. The second kappa shape index (κ2) is 4.75. The van der Waals surface area contributed by atoms with Crippen molar-refractivity contribution in [1.29, 1.82) is 0 Å². The molecule has 4 atom stereocenters. The van der Waals surface area contributed by atoms with Crippen LogP contribution in [0, 0.1) is 28.6 Å². The maximum Gasteiger partial charge on any atom is -0.0141 e. The SMILES string of the molecule is CC1=CCC2(C)CCC3C(C(C)C)=CCC3(C)C2CC1. The average molecular weight is 272 g/mol. The molecule has 0 spiro atoms. The number of hydrogen-bond acceptors (Lipinski definition) is 0. The largest absolute Gasteiger partial charge is 0.0851 e. The quantitative estimate of drug-likeness (QED) is 0.503. The Morgan fingerprint density at radius 2 is 1.85 bits per heavy atom. The highest BCUT2D eigenvalue weighted by molar-refractivity contribution is 5.26. The van der Waals surface area contributed by atoms with Crippen molar-refractivity contribution in [2.24, 2.45) is 28.6 Å². The maximum absolute atomic E-state index is 2.62. The number of allylic oxidation sites excluding steroid dienone is 4. The molecule has 0 heteroatoms. The molecule has 0 radical (unpaired) electrons.